The molecule has 0 saturated heterocycles. The van der Waals surface area contributed by atoms with E-state index in [4.69, 9.17) is 0 Å². The maximum absolute atomic E-state index is 12.5. The van der Waals surface area contributed by atoms with Gasteiger partial charge in [-0.2, -0.15) is 13.2 Å². The second kappa shape index (κ2) is 5.96. The first-order valence-electron chi connectivity index (χ1n) is 5.69. The van der Waals surface area contributed by atoms with Crippen molar-refractivity contribution in [2.24, 2.45) is 0 Å². The van der Waals surface area contributed by atoms with Crippen molar-refractivity contribution in [2.45, 2.75) is 6.18 Å². The molecule has 0 aliphatic rings. The predicted octanol–water partition coefficient (Wildman–Crippen LogP) is 3.11. The van der Waals surface area contributed by atoms with E-state index in [1.807, 2.05) is 10.4 Å². The molecule has 0 spiro atoms. The zero-order valence-electron chi connectivity index (χ0n) is 10.4. The summed E-state index contributed by atoms with van der Waals surface area (Å²) >= 11 is 1.40. The molecule has 0 aromatic carbocycles. The molecule has 21 heavy (non-hydrogen) atoms. The Morgan fingerprint density at radius 2 is 2.14 bits per heavy atom. The summed E-state index contributed by atoms with van der Waals surface area (Å²) in [5, 5.41) is 3.93. The molecule has 2 aromatic rings. The van der Waals surface area contributed by atoms with Crippen molar-refractivity contribution in [3.8, 4) is 0 Å². The molecule has 110 valence electrons. The molecule has 0 atom stereocenters. The number of alkyl halides is 3. The number of pyridine rings is 1. The Kier molecular flexibility index (Phi) is 4.27. The second-order valence-electron chi connectivity index (χ2n) is 3.97. The van der Waals surface area contributed by atoms with Crippen molar-refractivity contribution in [3.63, 3.8) is 0 Å². The summed E-state index contributed by atoms with van der Waals surface area (Å²) in [7, 11) is 0. The van der Waals surface area contributed by atoms with Gasteiger partial charge in [-0.3, -0.25) is 9.59 Å². The van der Waals surface area contributed by atoms with E-state index in [1.54, 1.807) is 12.1 Å². The van der Waals surface area contributed by atoms with E-state index in [9.17, 15) is 22.8 Å². The van der Waals surface area contributed by atoms with Crippen LogP contribution < -0.4 is 10.9 Å². The van der Waals surface area contributed by atoms with Crippen molar-refractivity contribution < 1.29 is 18.0 Å². The molecule has 2 rings (SSSR count). The van der Waals surface area contributed by atoms with Crippen LogP contribution in [0.25, 0.3) is 6.08 Å². The average molecular weight is 314 g/mol. The first-order chi connectivity index (χ1) is 9.86. The highest BCUT2D eigenvalue weighted by Gasteiger charge is 2.31. The summed E-state index contributed by atoms with van der Waals surface area (Å²) < 4.78 is 37.6. The summed E-state index contributed by atoms with van der Waals surface area (Å²) in [6.07, 6.45) is -1.40. The standard InChI is InChI=1S/C13H9F3N2O2S/c14-13(15,16)8-6-10(12(20)17-7-8)18-11(19)4-3-9-2-1-5-21-9/h1-7H,(H,17,20)(H,18,19)/b4-3+. The summed E-state index contributed by atoms with van der Waals surface area (Å²) in [6.45, 7) is 0. The zero-order chi connectivity index (χ0) is 15.5. The quantitative estimate of drug-likeness (QED) is 0.855. The van der Waals surface area contributed by atoms with Gasteiger partial charge in [-0.1, -0.05) is 6.07 Å². The summed E-state index contributed by atoms with van der Waals surface area (Å²) in [5.41, 5.74) is -2.30. The summed E-state index contributed by atoms with van der Waals surface area (Å²) in [4.78, 5) is 25.7. The molecule has 0 unspecified atom stereocenters. The number of amides is 1. The van der Waals surface area contributed by atoms with E-state index in [2.05, 4.69) is 5.32 Å². The topological polar surface area (TPSA) is 62.0 Å². The number of aromatic nitrogens is 1. The van der Waals surface area contributed by atoms with Crippen molar-refractivity contribution >= 4 is 29.0 Å². The molecule has 2 aromatic heterocycles. The first kappa shape index (κ1) is 15.0. The smallest absolute Gasteiger partial charge is 0.327 e. The van der Waals surface area contributed by atoms with Gasteiger partial charge in [0.25, 0.3) is 5.56 Å². The number of thiophene rings is 1. The number of hydrogen-bond acceptors (Lipinski definition) is 3. The Balaban J connectivity index is 2.15. The number of H-pyrrole nitrogens is 1. The molecule has 0 saturated carbocycles. The van der Waals surface area contributed by atoms with Crippen LogP contribution in [-0.2, 0) is 11.0 Å². The van der Waals surface area contributed by atoms with Gasteiger partial charge in [0.05, 0.1) is 5.56 Å². The van der Waals surface area contributed by atoms with Gasteiger partial charge in [-0.15, -0.1) is 11.3 Å². The third kappa shape index (κ3) is 4.06. The molecule has 0 aliphatic heterocycles. The minimum absolute atomic E-state index is 0.453. The lowest BCUT2D eigenvalue weighted by atomic mass is 10.2. The second-order valence-corrected chi connectivity index (χ2v) is 4.95. The monoisotopic (exact) mass is 314 g/mol. The van der Waals surface area contributed by atoms with Crippen molar-refractivity contribution in [2.75, 3.05) is 5.32 Å². The number of hydrogen-bond donors (Lipinski definition) is 2. The van der Waals surface area contributed by atoms with E-state index in [-0.39, 0.29) is 0 Å². The molecular formula is C13H9F3N2O2S. The Bertz CT molecular complexity index is 718. The van der Waals surface area contributed by atoms with E-state index >= 15 is 0 Å². The predicted molar refractivity (Wildman–Crippen MR) is 74.0 cm³/mol. The third-order valence-electron chi connectivity index (χ3n) is 2.43. The number of aromatic amines is 1. The highest BCUT2D eigenvalue weighted by Crippen LogP contribution is 2.29. The molecule has 0 fully saturated rings. The van der Waals surface area contributed by atoms with Crippen LogP contribution in [0.3, 0.4) is 0 Å². The molecule has 2 N–H and O–H groups in total. The van der Waals surface area contributed by atoms with E-state index in [0.29, 0.717) is 12.3 Å². The summed E-state index contributed by atoms with van der Waals surface area (Å²) in [5.74, 6) is -0.687. The Morgan fingerprint density at radius 3 is 2.76 bits per heavy atom. The number of carbonyl (C=O) groups is 1. The Morgan fingerprint density at radius 1 is 1.38 bits per heavy atom. The lowest BCUT2D eigenvalue weighted by Gasteiger charge is -2.08. The number of nitrogens with one attached hydrogen (secondary N) is 2. The SMILES string of the molecule is O=C(/C=C/c1cccs1)Nc1cc(C(F)(F)F)c[nH]c1=O. The molecule has 2 heterocycles. The molecule has 4 nitrogen and oxygen atoms in total. The van der Waals surface area contributed by atoms with Gasteiger partial charge in [0.15, 0.2) is 0 Å². The fraction of sp³-hybridized carbons (Fsp3) is 0.0769. The third-order valence-corrected chi connectivity index (χ3v) is 3.27. The van der Waals surface area contributed by atoms with Crippen LogP contribution in [0.4, 0.5) is 18.9 Å². The van der Waals surface area contributed by atoms with Gasteiger partial charge in [0.2, 0.25) is 5.91 Å². The maximum Gasteiger partial charge on any atom is 0.417 e. The molecule has 0 bridgehead atoms. The molecule has 0 radical (unpaired) electrons. The van der Waals surface area contributed by atoms with Crippen LogP contribution >= 0.6 is 11.3 Å². The van der Waals surface area contributed by atoms with Crippen LogP contribution in [0.15, 0.2) is 40.6 Å². The minimum atomic E-state index is -4.60. The largest absolute Gasteiger partial charge is 0.417 e. The van der Waals surface area contributed by atoms with E-state index < -0.39 is 28.9 Å². The molecule has 8 heteroatoms. The van der Waals surface area contributed by atoms with Crippen LogP contribution in [0.5, 0.6) is 0 Å². The van der Waals surface area contributed by atoms with E-state index in [1.165, 1.54) is 17.4 Å². The van der Waals surface area contributed by atoms with E-state index in [0.717, 1.165) is 11.0 Å². The Hall–Kier alpha value is -2.35. The maximum atomic E-state index is 12.5. The van der Waals surface area contributed by atoms with Crippen LogP contribution in [0.2, 0.25) is 0 Å². The lowest BCUT2D eigenvalue weighted by Crippen LogP contribution is -2.20. The van der Waals surface area contributed by atoms with Gasteiger partial charge >= 0.3 is 6.18 Å². The highest BCUT2D eigenvalue weighted by molar-refractivity contribution is 7.10. The normalized spacial score (nSPS) is 11.8. The summed E-state index contributed by atoms with van der Waals surface area (Å²) in [6, 6.07) is 4.15. The van der Waals surface area contributed by atoms with Crippen LogP contribution in [-0.4, -0.2) is 10.9 Å². The van der Waals surface area contributed by atoms with Gasteiger partial charge in [0.1, 0.15) is 5.69 Å². The first-order valence-corrected chi connectivity index (χ1v) is 6.57. The number of carbonyl (C=O) groups excluding carboxylic acids is 1. The highest BCUT2D eigenvalue weighted by atomic mass is 32.1. The number of anilines is 1. The van der Waals surface area contributed by atoms with Gasteiger partial charge in [-0.05, 0) is 23.6 Å². The van der Waals surface area contributed by atoms with Crippen LogP contribution in [0.1, 0.15) is 10.4 Å². The molecule has 0 aliphatic carbocycles. The van der Waals surface area contributed by atoms with Gasteiger partial charge < -0.3 is 10.3 Å². The molecular weight excluding hydrogens is 305 g/mol. The fourth-order valence-electron chi connectivity index (χ4n) is 1.46. The minimum Gasteiger partial charge on any atom is -0.327 e. The number of rotatable bonds is 3. The van der Waals surface area contributed by atoms with Crippen molar-refractivity contribution in [3.05, 3.63) is 56.6 Å². The number of halogens is 3. The lowest BCUT2D eigenvalue weighted by molar-refractivity contribution is -0.137. The van der Waals surface area contributed by atoms with Crippen molar-refractivity contribution in [1.82, 2.24) is 4.98 Å². The Labute approximate surface area is 120 Å². The van der Waals surface area contributed by atoms with Crippen LogP contribution in [0, 0.1) is 0 Å². The zero-order valence-corrected chi connectivity index (χ0v) is 11.2. The average Bonchev–Trinajstić information content (AvgIpc) is 2.91. The fourth-order valence-corrected chi connectivity index (χ4v) is 2.08. The van der Waals surface area contributed by atoms with Gasteiger partial charge in [-0.25, -0.2) is 0 Å². The van der Waals surface area contributed by atoms with Crippen molar-refractivity contribution in [1.29, 1.82) is 0 Å². The van der Waals surface area contributed by atoms with Gasteiger partial charge in [0, 0.05) is 17.2 Å². The molecule has 1 amide bonds.